The van der Waals surface area contributed by atoms with Gasteiger partial charge in [-0.25, -0.2) is 8.93 Å². The molecule has 0 radical (unpaired) electrons. The van der Waals surface area contributed by atoms with E-state index in [-0.39, 0.29) is 11.8 Å². The standard InChI is InChI=1S/C22H39NO3S/c1-2-3-4-5-6-7-8-9-10-11-12-13-14-18-21(23-27(25)26)20-17-15-16-19-22(20)24/h15-17,19,21,23-24H,2-14,18H2,1H3,(H,25,26). The van der Waals surface area contributed by atoms with Crippen molar-refractivity contribution in [1.29, 1.82) is 0 Å². The lowest BCUT2D eigenvalue weighted by Gasteiger charge is -2.17. The van der Waals surface area contributed by atoms with Gasteiger partial charge >= 0.3 is 0 Å². The van der Waals surface area contributed by atoms with Gasteiger partial charge in [0.15, 0.2) is 0 Å². The maximum atomic E-state index is 11.1. The second-order valence-electron chi connectivity index (χ2n) is 7.51. The Kier molecular flexibility index (Phi) is 14.4. The van der Waals surface area contributed by atoms with Crippen molar-refractivity contribution in [2.45, 2.75) is 103 Å². The molecule has 0 aromatic heterocycles. The predicted octanol–water partition coefficient (Wildman–Crippen LogP) is 6.64. The van der Waals surface area contributed by atoms with Crippen molar-refractivity contribution < 1.29 is 13.9 Å². The van der Waals surface area contributed by atoms with Gasteiger partial charge in [0.25, 0.3) is 0 Å². The second kappa shape index (κ2) is 16.1. The highest BCUT2D eigenvalue weighted by Crippen LogP contribution is 2.28. The molecule has 156 valence electrons. The number of benzene rings is 1. The van der Waals surface area contributed by atoms with Gasteiger partial charge in [0.05, 0.1) is 6.04 Å². The van der Waals surface area contributed by atoms with Gasteiger partial charge in [-0.05, 0) is 12.5 Å². The monoisotopic (exact) mass is 397 g/mol. The van der Waals surface area contributed by atoms with Crippen molar-refractivity contribution in [2.24, 2.45) is 0 Å². The summed E-state index contributed by atoms with van der Waals surface area (Å²) < 4.78 is 23.0. The van der Waals surface area contributed by atoms with Crippen molar-refractivity contribution in [1.82, 2.24) is 4.72 Å². The lowest BCUT2D eigenvalue weighted by Crippen LogP contribution is -2.23. The molecule has 0 bridgehead atoms. The molecular weight excluding hydrogens is 358 g/mol. The lowest BCUT2D eigenvalue weighted by molar-refractivity contribution is 0.443. The molecule has 1 aromatic carbocycles. The van der Waals surface area contributed by atoms with Crippen LogP contribution in [0.4, 0.5) is 0 Å². The number of hydrogen-bond acceptors (Lipinski definition) is 2. The smallest absolute Gasteiger partial charge is 0.232 e. The Bertz CT molecular complexity index is 510. The fourth-order valence-electron chi connectivity index (χ4n) is 3.55. The molecule has 27 heavy (non-hydrogen) atoms. The largest absolute Gasteiger partial charge is 0.508 e. The van der Waals surface area contributed by atoms with Gasteiger partial charge in [-0.3, -0.25) is 4.55 Å². The molecule has 4 nitrogen and oxygen atoms in total. The molecule has 0 spiro atoms. The fraction of sp³-hybridized carbons (Fsp3) is 0.727. The summed E-state index contributed by atoms with van der Waals surface area (Å²) in [5.41, 5.74) is 0.693. The van der Waals surface area contributed by atoms with E-state index in [2.05, 4.69) is 11.6 Å². The van der Waals surface area contributed by atoms with E-state index >= 15 is 0 Å². The maximum absolute atomic E-state index is 11.1. The minimum atomic E-state index is -2.08. The molecule has 0 heterocycles. The van der Waals surface area contributed by atoms with Crippen LogP contribution in [0.5, 0.6) is 5.75 Å². The van der Waals surface area contributed by atoms with Crippen LogP contribution in [-0.4, -0.2) is 13.9 Å². The normalized spacial score (nSPS) is 13.6. The van der Waals surface area contributed by atoms with E-state index in [1.807, 2.05) is 12.1 Å². The summed E-state index contributed by atoms with van der Waals surface area (Å²) in [6.45, 7) is 2.26. The first-order chi connectivity index (χ1) is 13.1. The third-order valence-electron chi connectivity index (χ3n) is 5.15. The van der Waals surface area contributed by atoms with E-state index in [1.54, 1.807) is 12.1 Å². The summed E-state index contributed by atoms with van der Waals surface area (Å²) >= 11 is -2.08. The van der Waals surface area contributed by atoms with E-state index in [0.29, 0.717) is 5.56 Å². The molecule has 0 aliphatic heterocycles. The summed E-state index contributed by atoms with van der Waals surface area (Å²) in [6, 6.07) is 6.74. The van der Waals surface area contributed by atoms with E-state index in [0.717, 1.165) is 19.3 Å². The molecule has 5 heteroatoms. The van der Waals surface area contributed by atoms with Gasteiger partial charge in [-0.1, -0.05) is 109 Å². The Labute approximate surface area is 168 Å². The number of aromatic hydroxyl groups is 1. The number of rotatable bonds is 17. The Morgan fingerprint density at radius 3 is 1.81 bits per heavy atom. The number of para-hydroxylation sites is 1. The highest BCUT2D eigenvalue weighted by Gasteiger charge is 2.16. The van der Waals surface area contributed by atoms with E-state index < -0.39 is 11.3 Å². The molecule has 0 saturated heterocycles. The SMILES string of the molecule is CCCCCCCCCCCCCCCC(NS(=O)O)c1ccccc1O. The predicted molar refractivity (Wildman–Crippen MR) is 115 cm³/mol. The van der Waals surface area contributed by atoms with Gasteiger partial charge in [0.2, 0.25) is 11.3 Å². The number of nitrogens with one attached hydrogen (secondary N) is 1. The third kappa shape index (κ3) is 12.2. The Hall–Kier alpha value is -0.910. The number of phenols is 1. The van der Waals surface area contributed by atoms with Crippen molar-refractivity contribution in [3.05, 3.63) is 29.8 Å². The summed E-state index contributed by atoms with van der Waals surface area (Å²) in [4.78, 5) is 0. The minimum Gasteiger partial charge on any atom is -0.508 e. The van der Waals surface area contributed by atoms with Crippen LogP contribution in [0.25, 0.3) is 0 Å². The molecule has 0 aliphatic rings. The van der Waals surface area contributed by atoms with Crippen LogP contribution in [0.2, 0.25) is 0 Å². The van der Waals surface area contributed by atoms with Crippen LogP contribution in [-0.2, 0) is 11.3 Å². The number of phenolic OH excluding ortho intramolecular Hbond substituents is 1. The first-order valence-corrected chi connectivity index (χ1v) is 11.9. The van der Waals surface area contributed by atoms with Gasteiger partial charge in [0, 0.05) is 5.56 Å². The molecule has 0 aliphatic carbocycles. The Morgan fingerprint density at radius 2 is 1.33 bits per heavy atom. The molecule has 3 N–H and O–H groups in total. The van der Waals surface area contributed by atoms with Gasteiger partial charge in [-0.15, -0.1) is 0 Å². The molecule has 0 amide bonds. The Morgan fingerprint density at radius 1 is 0.852 bits per heavy atom. The van der Waals surface area contributed by atoms with Crippen LogP contribution >= 0.6 is 0 Å². The molecule has 0 fully saturated rings. The topological polar surface area (TPSA) is 69.6 Å². The van der Waals surface area contributed by atoms with Crippen LogP contribution in [0.3, 0.4) is 0 Å². The zero-order chi connectivity index (χ0) is 19.7. The molecule has 0 saturated carbocycles. The van der Waals surface area contributed by atoms with Crippen molar-refractivity contribution >= 4 is 11.3 Å². The summed E-state index contributed by atoms with van der Waals surface area (Å²) in [5, 5.41) is 9.98. The molecule has 2 atom stereocenters. The quantitative estimate of drug-likeness (QED) is 0.204. The summed E-state index contributed by atoms with van der Waals surface area (Å²) in [7, 11) is 0. The fourth-order valence-corrected chi connectivity index (χ4v) is 4.04. The highest BCUT2D eigenvalue weighted by atomic mass is 32.2. The molecule has 1 aromatic rings. The molecule has 2 unspecified atom stereocenters. The zero-order valence-corrected chi connectivity index (χ0v) is 17.8. The number of unbranched alkanes of at least 4 members (excludes halogenated alkanes) is 12. The lowest BCUT2D eigenvalue weighted by atomic mass is 9.99. The molecule has 1 rings (SSSR count). The minimum absolute atomic E-state index is 0.176. The van der Waals surface area contributed by atoms with Crippen molar-refractivity contribution in [3.8, 4) is 5.75 Å². The third-order valence-corrected chi connectivity index (χ3v) is 5.64. The van der Waals surface area contributed by atoms with Crippen LogP contribution in [0, 0.1) is 0 Å². The average Bonchev–Trinajstić information content (AvgIpc) is 2.64. The van der Waals surface area contributed by atoms with Gasteiger partial charge in [0.1, 0.15) is 5.75 Å². The Balaban J connectivity index is 2.08. The van der Waals surface area contributed by atoms with Crippen LogP contribution in [0.15, 0.2) is 24.3 Å². The van der Waals surface area contributed by atoms with E-state index in [4.69, 9.17) is 4.55 Å². The van der Waals surface area contributed by atoms with Gasteiger partial charge in [-0.2, -0.15) is 0 Å². The van der Waals surface area contributed by atoms with Crippen molar-refractivity contribution in [3.63, 3.8) is 0 Å². The number of hydrogen-bond donors (Lipinski definition) is 3. The van der Waals surface area contributed by atoms with Crippen LogP contribution < -0.4 is 4.72 Å². The van der Waals surface area contributed by atoms with E-state index in [1.165, 1.54) is 70.6 Å². The average molecular weight is 398 g/mol. The first kappa shape index (κ1) is 24.1. The molecular formula is C22H39NO3S. The summed E-state index contributed by atoms with van der Waals surface area (Å²) in [5.74, 6) is 0.176. The maximum Gasteiger partial charge on any atom is 0.232 e. The van der Waals surface area contributed by atoms with Crippen molar-refractivity contribution in [2.75, 3.05) is 0 Å². The van der Waals surface area contributed by atoms with E-state index in [9.17, 15) is 9.32 Å². The summed E-state index contributed by atoms with van der Waals surface area (Å²) in [6.07, 6.45) is 17.7. The van der Waals surface area contributed by atoms with Crippen LogP contribution in [0.1, 0.15) is 108 Å². The first-order valence-electron chi connectivity index (χ1n) is 10.8. The zero-order valence-electron chi connectivity index (χ0n) is 17.0. The highest BCUT2D eigenvalue weighted by molar-refractivity contribution is 7.77. The van der Waals surface area contributed by atoms with Gasteiger partial charge < -0.3 is 5.11 Å². The second-order valence-corrected chi connectivity index (χ2v) is 8.24.